The largest absolute Gasteiger partial charge is 0.463 e. The van der Waals surface area contributed by atoms with Crippen LogP contribution in [0.2, 0.25) is 0 Å². The Morgan fingerprint density at radius 3 is 2.78 bits per heavy atom. The Morgan fingerprint density at radius 2 is 2.44 bits per heavy atom. The SMILES string of the molecule is CCCOC(=O)C(F)Br. The summed E-state index contributed by atoms with van der Waals surface area (Å²) in [6.45, 7) is 2.12. The molecule has 0 rings (SSSR count). The molecule has 0 amide bonds. The first-order valence-corrected chi connectivity index (χ1v) is 3.54. The second-order valence-corrected chi connectivity index (χ2v) is 2.27. The van der Waals surface area contributed by atoms with Crippen LogP contribution in [0, 0.1) is 0 Å². The van der Waals surface area contributed by atoms with Gasteiger partial charge in [0.1, 0.15) is 0 Å². The van der Waals surface area contributed by atoms with E-state index in [0.717, 1.165) is 0 Å². The van der Waals surface area contributed by atoms with E-state index in [2.05, 4.69) is 20.7 Å². The van der Waals surface area contributed by atoms with Gasteiger partial charge in [-0.1, -0.05) is 6.92 Å². The van der Waals surface area contributed by atoms with Crippen LogP contribution in [-0.4, -0.2) is 17.7 Å². The maximum Gasteiger partial charge on any atom is 0.351 e. The molecule has 0 fully saturated rings. The Balaban J connectivity index is 3.28. The minimum absolute atomic E-state index is 0.283. The molecule has 0 saturated carbocycles. The molecule has 0 aliphatic heterocycles. The minimum Gasteiger partial charge on any atom is -0.463 e. The number of halogens is 2. The maximum absolute atomic E-state index is 11.9. The van der Waals surface area contributed by atoms with Gasteiger partial charge in [0.05, 0.1) is 6.61 Å². The van der Waals surface area contributed by atoms with Gasteiger partial charge in [0.25, 0.3) is 5.08 Å². The fourth-order valence-corrected chi connectivity index (χ4v) is 0.398. The highest BCUT2D eigenvalue weighted by Crippen LogP contribution is 2.02. The van der Waals surface area contributed by atoms with E-state index in [1.807, 2.05) is 6.92 Å². The lowest BCUT2D eigenvalue weighted by Gasteiger charge is -2.00. The summed E-state index contributed by atoms with van der Waals surface area (Å²) in [7, 11) is 0. The fraction of sp³-hybridized carbons (Fsp3) is 0.800. The van der Waals surface area contributed by atoms with Crippen LogP contribution < -0.4 is 0 Å². The lowest BCUT2D eigenvalue weighted by molar-refractivity contribution is -0.145. The topological polar surface area (TPSA) is 26.3 Å². The standard InChI is InChI=1S/C5H8BrFO2/c1-2-3-9-5(8)4(6)7/h4H,2-3H2,1H3. The Morgan fingerprint density at radius 1 is 1.89 bits per heavy atom. The van der Waals surface area contributed by atoms with Gasteiger partial charge in [0.15, 0.2) is 0 Å². The molecule has 0 N–H and O–H groups in total. The summed E-state index contributed by atoms with van der Waals surface area (Å²) >= 11 is 2.43. The van der Waals surface area contributed by atoms with Crippen LogP contribution in [0.5, 0.6) is 0 Å². The number of alkyl halides is 2. The molecule has 1 unspecified atom stereocenters. The van der Waals surface area contributed by atoms with Gasteiger partial charge in [0, 0.05) is 0 Å². The van der Waals surface area contributed by atoms with Crippen LogP contribution in [0.4, 0.5) is 4.39 Å². The molecular formula is C5H8BrFO2. The third-order valence-corrected chi connectivity index (χ3v) is 1.00. The minimum atomic E-state index is -1.68. The first-order valence-electron chi connectivity index (χ1n) is 2.63. The summed E-state index contributed by atoms with van der Waals surface area (Å²) in [5, 5.41) is -1.68. The van der Waals surface area contributed by atoms with Crippen molar-refractivity contribution in [1.82, 2.24) is 0 Å². The zero-order valence-corrected chi connectivity index (χ0v) is 6.65. The highest BCUT2D eigenvalue weighted by atomic mass is 79.9. The summed E-state index contributed by atoms with van der Waals surface area (Å²) < 4.78 is 16.3. The summed E-state index contributed by atoms with van der Waals surface area (Å²) in [5.74, 6) is -0.850. The normalized spacial score (nSPS) is 12.8. The van der Waals surface area contributed by atoms with Gasteiger partial charge in [0.2, 0.25) is 0 Å². The van der Waals surface area contributed by atoms with Gasteiger partial charge >= 0.3 is 5.97 Å². The third kappa shape index (κ3) is 4.39. The quantitative estimate of drug-likeness (QED) is 0.510. The number of hydrogen-bond donors (Lipinski definition) is 0. The highest BCUT2D eigenvalue weighted by molar-refractivity contribution is 9.09. The van der Waals surface area contributed by atoms with E-state index in [1.165, 1.54) is 0 Å². The van der Waals surface area contributed by atoms with Crippen molar-refractivity contribution in [2.45, 2.75) is 18.4 Å². The molecule has 0 heterocycles. The summed E-state index contributed by atoms with van der Waals surface area (Å²) in [5.41, 5.74) is 0. The zero-order valence-electron chi connectivity index (χ0n) is 5.06. The van der Waals surface area contributed by atoms with Crippen molar-refractivity contribution in [2.24, 2.45) is 0 Å². The Kier molecular flexibility index (Phi) is 4.67. The lowest BCUT2D eigenvalue weighted by Crippen LogP contribution is -2.12. The molecule has 0 aromatic rings. The van der Waals surface area contributed by atoms with E-state index >= 15 is 0 Å². The van der Waals surface area contributed by atoms with Crippen molar-refractivity contribution in [3.63, 3.8) is 0 Å². The van der Waals surface area contributed by atoms with Gasteiger partial charge in [-0.05, 0) is 22.4 Å². The fourth-order valence-electron chi connectivity index (χ4n) is 0.266. The van der Waals surface area contributed by atoms with Crippen molar-refractivity contribution in [3.05, 3.63) is 0 Å². The van der Waals surface area contributed by atoms with Gasteiger partial charge < -0.3 is 4.74 Å². The zero-order chi connectivity index (χ0) is 7.28. The second-order valence-electron chi connectivity index (χ2n) is 1.47. The molecule has 0 aliphatic rings. The highest BCUT2D eigenvalue weighted by Gasteiger charge is 2.12. The van der Waals surface area contributed by atoms with Gasteiger partial charge in [-0.3, -0.25) is 0 Å². The predicted octanol–water partition coefficient (Wildman–Crippen LogP) is 1.63. The van der Waals surface area contributed by atoms with Gasteiger partial charge in [-0.25, -0.2) is 9.18 Å². The number of esters is 1. The van der Waals surface area contributed by atoms with Crippen molar-refractivity contribution in [2.75, 3.05) is 6.61 Å². The van der Waals surface area contributed by atoms with Crippen molar-refractivity contribution < 1.29 is 13.9 Å². The number of carbonyl (C=O) groups is 1. The van der Waals surface area contributed by atoms with Crippen LogP contribution in [0.15, 0.2) is 0 Å². The first kappa shape index (κ1) is 8.88. The molecule has 0 aromatic heterocycles. The van der Waals surface area contributed by atoms with Crippen LogP contribution in [-0.2, 0) is 9.53 Å². The molecule has 9 heavy (non-hydrogen) atoms. The van der Waals surface area contributed by atoms with E-state index in [9.17, 15) is 9.18 Å². The smallest absolute Gasteiger partial charge is 0.351 e. The lowest BCUT2D eigenvalue weighted by atomic mass is 10.5. The number of rotatable bonds is 3. The van der Waals surface area contributed by atoms with Crippen LogP contribution in [0.1, 0.15) is 13.3 Å². The monoisotopic (exact) mass is 198 g/mol. The molecule has 4 heteroatoms. The van der Waals surface area contributed by atoms with Crippen molar-refractivity contribution in [3.8, 4) is 0 Å². The molecule has 0 radical (unpaired) electrons. The van der Waals surface area contributed by atoms with Crippen LogP contribution in [0.25, 0.3) is 0 Å². The summed E-state index contributed by atoms with van der Waals surface area (Å²) in [6.07, 6.45) is 0.714. The second kappa shape index (κ2) is 4.73. The molecule has 0 aliphatic carbocycles. The Hall–Kier alpha value is -0.120. The number of hydrogen-bond acceptors (Lipinski definition) is 2. The predicted molar refractivity (Wildman–Crippen MR) is 35.1 cm³/mol. The van der Waals surface area contributed by atoms with Crippen LogP contribution in [0.3, 0.4) is 0 Å². The van der Waals surface area contributed by atoms with E-state index < -0.39 is 11.1 Å². The third-order valence-electron chi connectivity index (χ3n) is 0.627. The Labute approximate surface area is 61.5 Å². The molecule has 0 saturated heterocycles. The van der Waals surface area contributed by atoms with Crippen molar-refractivity contribution in [1.29, 1.82) is 0 Å². The van der Waals surface area contributed by atoms with Gasteiger partial charge in [-0.15, -0.1) is 0 Å². The molecule has 54 valence electrons. The average Bonchev–Trinajstić information content (AvgIpc) is 1.82. The molecule has 0 bridgehead atoms. The van der Waals surface area contributed by atoms with Gasteiger partial charge in [-0.2, -0.15) is 0 Å². The number of ether oxygens (including phenoxy) is 1. The van der Waals surface area contributed by atoms with E-state index in [1.54, 1.807) is 0 Å². The van der Waals surface area contributed by atoms with Crippen LogP contribution >= 0.6 is 15.9 Å². The summed E-state index contributed by atoms with van der Waals surface area (Å²) in [6, 6.07) is 0. The Bertz CT molecular complexity index is 95.0. The molecule has 0 spiro atoms. The molecule has 0 aromatic carbocycles. The van der Waals surface area contributed by atoms with E-state index in [0.29, 0.717) is 6.42 Å². The summed E-state index contributed by atoms with van der Waals surface area (Å²) in [4.78, 5) is 10.3. The molecule has 2 nitrogen and oxygen atoms in total. The number of carbonyl (C=O) groups excluding carboxylic acids is 1. The van der Waals surface area contributed by atoms with E-state index in [-0.39, 0.29) is 6.61 Å². The van der Waals surface area contributed by atoms with E-state index in [4.69, 9.17) is 0 Å². The average molecular weight is 199 g/mol. The maximum atomic E-state index is 11.9. The molecule has 1 atom stereocenters. The molecular weight excluding hydrogens is 191 g/mol. The first-order chi connectivity index (χ1) is 4.18. The van der Waals surface area contributed by atoms with Crippen molar-refractivity contribution >= 4 is 21.9 Å².